The molecule has 0 bridgehead atoms. The third kappa shape index (κ3) is 4.16. The highest BCUT2D eigenvalue weighted by atomic mass is 19.1. The molecular weight excluding hydrogens is 373 g/mol. The monoisotopic (exact) mass is 397 g/mol. The fourth-order valence-corrected chi connectivity index (χ4v) is 3.84. The summed E-state index contributed by atoms with van der Waals surface area (Å²) in [6.45, 7) is 5.03. The van der Waals surface area contributed by atoms with Crippen LogP contribution in [0.4, 0.5) is 15.8 Å². The average molecular weight is 397 g/mol. The smallest absolute Gasteiger partial charge is 0.255 e. The van der Waals surface area contributed by atoms with E-state index in [2.05, 4.69) is 9.88 Å². The van der Waals surface area contributed by atoms with E-state index >= 15 is 0 Å². The Morgan fingerprint density at radius 2 is 1.62 bits per heavy atom. The molecular formula is C21H24FN5O2. The van der Waals surface area contributed by atoms with Gasteiger partial charge in [-0.2, -0.15) is 0 Å². The summed E-state index contributed by atoms with van der Waals surface area (Å²) in [4.78, 5) is 35.7. The van der Waals surface area contributed by atoms with E-state index in [4.69, 9.17) is 0 Å². The fraction of sp³-hybridized carbons (Fsp3) is 0.381. The topological polar surface area (TPSA) is 60.0 Å². The Morgan fingerprint density at radius 1 is 0.931 bits per heavy atom. The van der Waals surface area contributed by atoms with Crippen LogP contribution in [-0.4, -0.2) is 79.5 Å². The number of benzene rings is 1. The number of aromatic nitrogens is 1. The zero-order valence-electron chi connectivity index (χ0n) is 16.2. The lowest BCUT2D eigenvalue weighted by Crippen LogP contribution is -2.49. The van der Waals surface area contributed by atoms with Gasteiger partial charge in [-0.1, -0.05) is 12.1 Å². The summed E-state index contributed by atoms with van der Waals surface area (Å²) in [7, 11) is 0. The molecule has 0 N–H and O–H groups in total. The van der Waals surface area contributed by atoms with Gasteiger partial charge in [-0.05, 0) is 18.2 Å². The van der Waals surface area contributed by atoms with Gasteiger partial charge in [0.15, 0.2) is 0 Å². The number of piperazine rings is 2. The zero-order valence-corrected chi connectivity index (χ0v) is 16.2. The number of hydrogen-bond acceptors (Lipinski definition) is 5. The predicted molar refractivity (Wildman–Crippen MR) is 109 cm³/mol. The van der Waals surface area contributed by atoms with Gasteiger partial charge in [0.1, 0.15) is 5.82 Å². The Kier molecular flexibility index (Phi) is 5.59. The van der Waals surface area contributed by atoms with Crippen LogP contribution in [-0.2, 0) is 4.79 Å². The maximum absolute atomic E-state index is 14.0. The quantitative estimate of drug-likeness (QED) is 0.731. The molecule has 8 heteroatoms. The van der Waals surface area contributed by atoms with Crippen molar-refractivity contribution in [3.63, 3.8) is 0 Å². The van der Waals surface area contributed by atoms with Crippen LogP contribution < -0.4 is 9.80 Å². The van der Waals surface area contributed by atoms with Crippen LogP contribution in [0.3, 0.4) is 0 Å². The van der Waals surface area contributed by atoms with Crippen molar-refractivity contribution in [3.05, 3.63) is 54.1 Å². The molecule has 0 unspecified atom stereocenters. The van der Waals surface area contributed by atoms with E-state index in [0.29, 0.717) is 50.5 Å². The van der Waals surface area contributed by atoms with Crippen LogP contribution in [0.5, 0.6) is 0 Å². The summed E-state index contributed by atoms with van der Waals surface area (Å²) < 4.78 is 14.0. The molecule has 2 amide bonds. The number of pyridine rings is 1. The van der Waals surface area contributed by atoms with Gasteiger partial charge in [0, 0.05) is 58.6 Å². The highest BCUT2D eigenvalue weighted by Gasteiger charge is 2.24. The van der Waals surface area contributed by atoms with Crippen molar-refractivity contribution in [3.8, 4) is 0 Å². The molecule has 0 saturated carbocycles. The third-order valence-corrected chi connectivity index (χ3v) is 5.56. The van der Waals surface area contributed by atoms with E-state index in [-0.39, 0.29) is 11.7 Å². The average Bonchev–Trinajstić information content (AvgIpc) is 2.79. The number of carbonyl (C=O) groups is 2. The summed E-state index contributed by atoms with van der Waals surface area (Å²) in [5, 5.41) is 0. The summed E-state index contributed by atoms with van der Waals surface area (Å²) in [6, 6.07) is 8.60. The SMILES string of the molecule is O=CN1CCN(c2cncc(C(=O)N3CCN(c4ccccc4F)CC3)c2)CC1. The highest BCUT2D eigenvalue weighted by Crippen LogP contribution is 2.22. The van der Waals surface area contributed by atoms with Gasteiger partial charge in [0.25, 0.3) is 5.91 Å². The first kappa shape index (κ1) is 19.2. The van der Waals surface area contributed by atoms with Crippen molar-refractivity contribution in [2.45, 2.75) is 0 Å². The molecule has 1 aromatic heterocycles. The molecule has 2 fully saturated rings. The number of anilines is 2. The zero-order chi connectivity index (χ0) is 20.2. The van der Waals surface area contributed by atoms with Gasteiger partial charge in [0.2, 0.25) is 6.41 Å². The molecule has 0 atom stereocenters. The van der Waals surface area contributed by atoms with Crippen molar-refractivity contribution in [1.82, 2.24) is 14.8 Å². The Hall–Kier alpha value is -3.16. The first-order valence-electron chi connectivity index (χ1n) is 9.84. The van der Waals surface area contributed by atoms with Crippen LogP contribution >= 0.6 is 0 Å². The molecule has 3 heterocycles. The lowest BCUT2D eigenvalue weighted by atomic mass is 10.2. The van der Waals surface area contributed by atoms with E-state index in [1.807, 2.05) is 17.0 Å². The molecule has 7 nitrogen and oxygen atoms in total. The Morgan fingerprint density at radius 3 is 2.31 bits per heavy atom. The van der Waals surface area contributed by atoms with Gasteiger partial charge < -0.3 is 19.6 Å². The first-order chi connectivity index (χ1) is 14.2. The number of para-hydroxylation sites is 1. The van der Waals surface area contributed by atoms with E-state index in [0.717, 1.165) is 25.2 Å². The van der Waals surface area contributed by atoms with E-state index in [9.17, 15) is 14.0 Å². The van der Waals surface area contributed by atoms with Crippen LogP contribution in [0.1, 0.15) is 10.4 Å². The molecule has 1 aromatic carbocycles. The number of carbonyl (C=O) groups excluding carboxylic acids is 2. The number of halogens is 1. The van der Waals surface area contributed by atoms with Gasteiger partial charge in [-0.15, -0.1) is 0 Å². The summed E-state index contributed by atoms with van der Waals surface area (Å²) in [5.41, 5.74) is 2.03. The van der Waals surface area contributed by atoms with Gasteiger partial charge >= 0.3 is 0 Å². The molecule has 0 spiro atoms. The van der Waals surface area contributed by atoms with Crippen LogP contribution in [0, 0.1) is 5.82 Å². The standard InChI is InChI=1S/C21H24FN5O2/c22-19-3-1-2-4-20(19)26-9-11-27(12-10-26)21(29)17-13-18(15-23-14-17)25-7-5-24(16-28)6-8-25/h1-4,13-16H,5-12H2. The summed E-state index contributed by atoms with van der Waals surface area (Å²) in [5.74, 6) is -0.294. The minimum absolute atomic E-state index is 0.0564. The summed E-state index contributed by atoms with van der Waals surface area (Å²) in [6.07, 6.45) is 4.22. The molecule has 29 heavy (non-hydrogen) atoms. The fourth-order valence-electron chi connectivity index (χ4n) is 3.84. The largest absolute Gasteiger partial charge is 0.367 e. The molecule has 2 aliphatic heterocycles. The van der Waals surface area contributed by atoms with Crippen LogP contribution in [0.25, 0.3) is 0 Å². The molecule has 0 radical (unpaired) electrons. The Labute approximate surface area is 169 Å². The van der Waals surface area contributed by atoms with Crippen molar-refractivity contribution in [1.29, 1.82) is 0 Å². The lowest BCUT2D eigenvalue weighted by molar-refractivity contribution is -0.118. The number of hydrogen-bond donors (Lipinski definition) is 0. The first-order valence-corrected chi connectivity index (χ1v) is 9.84. The highest BCUT2D eigenvalue weighted by molar-refractivity contribution is 5.95. The van der Waals surface area contributed by atoms with E-state index < -0.39 is 0 Å². The maximum atomic E-state index is 14.0. The van der Waals surface area contributed by atoms with E-state index in [1.165, 1.54) is 6.07 Å². The Bertz CT molecular complexity index is 877. The van der Waals surface area contributed by atoms with Gasteiger partial charge in [-0.25, -0.2) is 4.39 Å². The summed E-state index contributed by atoms with van der Waals surface area (Å²) >= 11 is 0. The minimum atomic E-state index is -0.237. The van der Waals surface area contributed by atoms with Gasteiger partial charge in [-0.3, -0.25) is 14.6 Å². The number of nitrogens with zero attached hydrogens (tertiary/aromatic N) is 5. The second-order valence-electron chi connectivity index (χ2n) is 7.29. The Balaban J connectivity index is 1.39. The third-order valence-electron chi connectivity index (χ3n) is 5.56. The maximum Gasteiger partial charge on any atom is 0.255 e. The van der Waals surface area contributed by atoms with Gasteiger partial charge in [0.05, 0.1) is 23.1 Å². The molecule has 2 aliphatic rings. The molecule has 152 valence electrons. The molecule has 2 saturated heterocycles. The van der Waals surface area contributed by atoms with Crippen molar-refractivity contribution < 1.29 is 14.0 Å². The number of amides is 2. The molecule has 0 aliphatic carbocycles. The second-order valence-corrected chi connectivity index (χ2v) is 7.29. The second kappa shape index (κ2) is 8.46. The van der Waals surface area contributed by atoms with Crippen molar-refractivity contribution >= 4 is 23.7 Å². The van der Waals surface area contributed by atoms with Crippen LogP contribution in [0.2, 0.25) is 0 Å². The van der Waals surface area contributed by atoms with Crippen molar-refractivity contribution in [2.24, 2.45) is 0 Å². The van der Waals surface area contributed by atoms with Crippen LogP contribution in [0.15, 0.2) is 42.7 Å². The van der Waals surface area contributed by atoms with Crippen molar-refractivity contribution in [2.75, 3.05) is 62.2 Å². The number of rotatable bonds is 4. The van der Waals surface area contributed by atoms with E-state index in [1.54, 1.807) is 34.3 Å². The lowest BCUT2D eigenvalue weighted by Gasteiger charge is -2.36. The predicted octanol–water partition coefficient (Wildman–Crippen LogP) is 1.46. The minimum Gasteiger partial charge on any atom is -0.367 e. The normalized spacial score (nSPS) is 17.4. The molecule has 2 aromatic rings. The molecule has 4 rings (SSSR count).